The van der Waals surface area contributed by atoms with Gasteiger partial charge in [0.25, 0.3) is 0 Å². The van der Waals surface area contributed by atoms with Gasteiger partial charge in [-0.1, -0.05) is 26.8 Å². The number of rotatable bonds is 0. The fraction of sp³-hybridized carbons (Fsp3) is 0.833. The highest BCUT2D eigenvalue weighted by molar-refractivity contribution is 5.04. The fourth-order valence-corrected chi connectivity index (χ4v) is 2.20. The van der Waals surface area contributed by atoms with Gasteiger partial charge in [0.2, 0.25) is 0 Å². The van der Waals surface area contributed by atoms with Crippen molar-refractivity contribution in [2.45, 2.75) is 51.9 Å². The van der Waals surface area contributed by atoms with E-state index in [4.69, 9.17) is 9.47 Å². The van der Waals surface area contributed by atoms with Crippen molar-refractivity contribution >= 4 is 0 Å². The molecule has 2 nitrogen and oxygen atoms in total. The van der Waals surface area contributed by atoms with Gasteiger partial charge < -0.3 is 9.47 Å². The van der Waals surface area contributed by atoms with Crippen molar-refractivity contribution in [1.82, 2.24) is 0 Å². The molecule has 0 aliphatic carbocycles. The molecule has 0 aromatic rings. The molecule has 1 saturated heterocycles. The lowest BCUT2D eigenvalue weighted by atomic mass is 9.83. The van der Waals surface area contributed by atoms with Crippen molar-refractivity contribution in [3.05, 3.63) is 12.2 Å². The maximum absolute atomic E-state index is 6.09. The van der Waals surface area contributed by atoms with E-state index in [1.54, 1.807) is 0 Å². The summed E-state index contributed by atoms with van der Waals surface area (Å²) in [6.45, 7) is 7.40. The first-order valence-corrected chi connectivity index (χ1v) is 5.51. The normalized spacial score (nSPS) is 38.1. The summed E-state index contributed by atoms with van der Waals surface area (Å²) in [5.41, 5.74) is 0.215. The molecule has 2 rings (SSSR count). The van der Waals surface area contributed by atoms with Gasteiger partial charge in [0.05, 0.1) is 12.7 Å². The molecule has 2 aliphatic rings. The zero-order chi connectivity index (χ0) is 10.2. The Morgan fingerprint density at radius 3 is 2.71 bits per heavy atom. The maximum atomic E-state index is 6.09. The van der Waals surface area contributed by atoms with Crippen LogP contribution in [-0.2, 0) is 9.47 Å². The van der Waals surface area contributed by atoms with Crippen LogP contribution < -0.4 is 0 Å². The molecule has 14 heavy (non-hydrogen) atoms. The summed E-state index contributed by atoms with van der Waals surface area (Å²) >= 11 is 0. The largest absolute Gasteiger partial charge is 0.343 e. The van der Waals surface area contributed by atoms with Gasteiger partial charge in [0.1, 0.15) is 0 Å². The average Bonchev–Trinajstić information content (AvgIpc) is 2.52. The summed E-state index contributed by atoms with van der Waals surface area (Å²) in [4.78, 5) is 0. The monoisotopic (exact) mass is 196 g/mol. The van der Waals surface area contributed by atoms with Crippen LogP contribution >= 0.6 is 0 Å². The van der Waals surface area contributed by atoms with Crippen molar-refractivity contribution in [3.63, 3.8) is 0 Å². The molecule has 0 radical (unpaired) electrons. The molecule has 2 heteroatoms. The van der Waals surface area contributed by atoms with E-state index in [0.717, 1.165) is 12.8 Å². The topological polar surface area (TPSA) is 18.5 Å². The second-order valence-electron chi connectivity index (χ2n) is 5.39. The van der Waals surface area contributed by atoms with Crippen LogP contribution in [0.2, 0.25) is 0 Å². The molecule has 80 valence electrons. The third-order valence-corrected chi connectivity index (χ3v) is 3.09. The fourth-order valence-electron chi connectivity index (χ4n) is 2.20. The van der Waals surface area contributed by atoms with Crippen LogP contribution in [0.25, 0.3) is 0 Å². The molecule has 1 fully saturated rings. The maximum Gasteiger partial charge on any atom is 0.188 e. The van der Waals surface area contributed by atoms with Crippen molar-refractivity contribution in [2.24, 2.45) is 5.41 Å². The first-order chi connectivity index (χ1) is 6.52. The van der Waals surface area contributed by atoms with Crippen LogP contribution in [0.3, 0.4) is 0 Å². The van der Waals surface area contributed by atoms with E-state index in [2.05, 4.69) is 32.9 Å². The zero-order valence-electron chi connectivity index (χ0n) is 9.38. The first kappa shape index (κ1) is 10.2. The van der Waals surface area contributed by atoms with E-state index in [9.17, 15) is 0 Å². The second-order valence-corrected chi connectivity index (χ2v) is 5.39. The smallest absolute Gasteiger partial charge is 0.188 e. The standard InChI is InChI=1S/C12H20O2/c1-11(2,3)10-6-4-7-12(14-10)8-5-9-13-12/h5,8,10H,4,6-7,9H2,1-3H3/t10-,12+/m1/s1. The van der Waals surface area contributed by atoms with Gasteiger partial charge in [0.15, 0.2) is 5.79 Å². The molecule has 2 atom stereocenters. The Balaban J connectivity index is 2.07. The highest BCUT2D eigenvalue weighted by Gasteiger charge is 2.41. The number of hydrogen-bond acceptors (Lipinski definition) is 2. The molecule has 2 heterocycles. The Hall–Kier alpha value is -0.340. The molecule has 0 N–H and O–H groups in total. The van der Waals surface area contributed by atoms with Gasteiger partial charge in [-0.2, -0.15) is 0 Å². The van der Waals surface area contributed by atoms with E-state index in [1.165, 1.54) is 6.42 Å². The van der Waals surface area contributed by atoms with Gasteiger partial charge in [-0.15, -0.1) is 0 Å². The van der Waals surface area contributed by atoms with Gasteiger partial charge in [-0.3, -0.25) is 0 Å². The van der Waals surface area contributed by atoms with Crippen molar-refractivity contribution in [3.8, 4) is 0 Å². The summed E-state index contributed by atoms with van der Waals surface area (Å²) < 4.78 is 11.8. The SMILES string of the molecule is CC(C)(C)[C@H]1CCC[C@@]2(C=CCO2)O1. The van der Waals surface area contributed by atoms with E-state index < -0.39 is 0 Å². The van der Waals surface area contributed by atoms with Crippen LogP contribution in [0.15, 0.2) is 12.2 Å². The quantitative estimate of drug-likeness (QED) is 0.555. The third kappa shape index (κ3) is 1.86. The minimum atomic E-state index is -0.379. The lowest BCUT2D eigenvalue weighted by molar-refractivity contribution is -0.255. The number of ether oxygens (including phenoxy) is 2. The van der Waals surface area contributed by atoms with E-state index in [0.29, 0.717) is 12.7 Å². The number of hydrogen-bond donors (Lipinski definition) is 0. The van der Waals surface area contributed by atoms with Gasteiger partial charge in [-0.05, 0) is 24.3 Å². The van der Waals surface area contributed by atoms with Crippen LogP contribution in [0.5, 0.6) is 0 Å². The highest BCUT2D eigenvalue weighted by atomic mass is 16.7. The zero-order valence-corrected chi connectivity index (χ0v) is 9.38. The summed E-state index contributed by atoms with van der Waals surface area (Å²) in [6, 6.07) is 0. The summed E-state index contributed by atoms with van der Waals surface area (Å²) in [5, 5.41) is 0. The average molecular weight is 196 g/mol. The molecule has 0 saturated carbocycles. The minimum absolute atomic E-state index is 0.215. The van der Waals surface area contributed by atoms with Crippen LogP contribution in [0.1, 0.15) is 40.0 Å². The predicted octanol–water partition coefficient (Wildman–Crippen LogP) is 2.88. The highest BCUT2D eigenvalue weighted by Crippen LogP contribution is 2.39. The Morgan fingerprint density at radius 1 is 1.36 bits per heavy atom. The minimum Gasteiger partial charge on any atom is -0.343 e. The molecule has 0 aromatic carbocycles. The molecule has 2 aliphatic heterocycles. The lowest BCUT2D eigenvalue weighted by Crippen LogP contribution is -2.44. The molecular weight excluding hydrogens is 176 g/mol. The summed E-state index contributed by atoms with van der Waals surface area (Å²) in [7, 11) is 0. The second kappa shape index (κ2) is 3.35. The predicted molar refractivity (Wildman–Crippen MR) is 56.0 cm³/mol. The molecule has 0 aromatic heterocycles. The van der Waals surface area contributed by atoms with Gasteiger partial charge in [0, 0.05) is 6.42 Å². The summed E-state index contributed by atoms with van der Waals surface area (Å²) in [5.74, 6) is -0.379. The Bertz CT molecular complexity index is 239. The van der Waals surface area contributed by atoms with Crippen molar-refractivity contribution in [2.75, 3.05) is 6.61 Å². The van der Waals surface area contributed by atoms with Crippen LogP contribution in [0, 0.1) is 5.41 Å². The molecule has 0 amide bonds. The Labute approximate surface area is 86.3 Å². The van der Waals surface area contributed by atoms with Gasteiger partial charge in [-0.25, -0.2) is 0 Å². The first-order valence-electron chi connectivity index (χ1n) is 5.51. The van der Waals surface area contributed by atoms with E-state index in [1.807, 2.05) is 0 Å². The molecular formula is C12H20O2. The van der Waals surface area contributed by atoms with Crippen LogP contribution in [0.4, 0.5) is 0 Å². The Morgan fingerprint density at radius 2 is 2.14 bits per heavy atom. The lowest BCUT2D eigenvalue weighted by Gasteiger charge is -2.42. The van der Waals surface area contributed by atoms with E-state index >= 15 is 0 Å². The molecule has 0 bridgehead atoms. The van der Waals surface area contributed by atoms with Crippen molar-refractivity contribution in [1.29, 1.82) is 0 Å². The molecule has 0 unspecified atom stereocenters. The van der Waals surface area contributed by atoms with E-state index in [-0.39, 0.29) is 11.2 Å². The Kier molecular flexibility index (Phi) is 2.44. The molecule has 1 spiro atoms. The van der Waals surface area contributed by atoms with Gasteiger partial charge >= 0.3 is 0 Å². The third-order valence-electron chi connectivity index (χ3n) is 3.09. The van der Waals surface area contributed by atoms with Crippen molar-refractivity contribution < 1.29 is 9.47 Å². The summed E-state index contributed by atoms with van der Waals surface area (Å²) in [6.07, 6.45) is 7.83. The van der Waals surface area contributed by atoms with Crippen LogP contribution in [-0.4, -0.2) is 18.5 Å².